The number of nitrogens with two attached hydrogens (primary N) is 2. The van der Waals surface area contributed by atoms with Crippen molar-refractivity contribution in [2.75, 3.05) is 16.4 Å². The third-order valence-electron chi connectivity index (χ3n) is 4.87. The maximum atomic E-state index is 13.8. The lowest BCUT2D eigenvalue weighted by Gasteiger charge is -2.27. The van der Waals surface area contributed by atoms with Crippen molar-refractivity contribution < 1.29 is 9.18 Å². The molecule has 0 unspecified atom stereocenters. The second-order valence-corrected chi connectivity index (χ2v) is 6.93. The summed E-state index contributed by atoms with van der Waals surface area (Å²) < 4.78 is 15.1. The van der Waals surface area contributed by atoms with E-state index in [1.54, 1.807) is 6.07 Å². The van der Waals surface area contributed by atoms with E-state index in [0.717, 1.165) is 31.9 Å². The zero-order chi connectivity index (χ0) is 19.7. The molecule has 3 aromatic rings. The van der Waals surface area contributed by atoms with Crippen LogP contribution < -0.4 is 22.1 Å². The van der Waals surface area contributed by atoms with Gasteiger partial charge in [-0.1, -0.05) is 0 Å². The molecule has 0 radical (unpaired) electrons. The lowest BCUT2D eigenvalue weighted by molar-refractivity contribution is 0.102. The Bertz CT molecular complexity index is 1010. The number of pyridine rings is 1. The van der Waals surface area contributed by atoms with Crippen LogP contribution >= 0.6 is 0 Å². The van der Waals surface area contributed by atoms with Crippen molar-refractivity contribution in [2.45, 2.75) is 37.8 Å². The van der Waals surface area contributed by atoms with Gasteiger partial charge in [-0.05, 0) is 31.7 Å². The summed E-state index contributed by atoms with van der Waals surface area (Å²) in [6.45, 7) is 0. The number of amides is 1. The lowest BCUT2D eigenvalue weighted by atomic mass is 9.92. The van der Waals surface area contributed by atoms with E-state index in [1.165, 1.54) is 23.0 Å². The number of anilines is 3. The zero-order valence-electron chi connectivity index (χ0n) is 15.1. The normalized spacial score (nSPS) is 19.5. The van der Waals surface area contributed by atoms with Crippen LogP contribution in [0.15, 0.2) is 30.7 Å². The van der Waals surface area contributed by atoms with Crippen LogP contribution in [0.4, 0.5) is 21.6 Å². The second-order valence-electron chi connectivity index (χ2n) is 6.93. The third kappa shape index (κ3) is 3.58. The van der Waals surface area contributed by atoms with Crippen LogP contribution in [0.25, 0.3) is 5.65 Å². The molecule has 146 valence electrons. The maximum Gasteiger partial charge on any atom is 0.276 e. The first-order chi connectivity index (χ1) is 13.5. The Morgan fingerprint density at radius 1 is 1.25 bits per heavy atom. The Kier molecular flexibility index (Phi) is 4.78. The summed E-state index contributed by atoms with van der Waals surface area (Å²) in [7, 11) is 0. The summed E-state index contributed by atoms with van der Waals surface area (Å²) in [6, 6.07) is 3.56. The van der Waals surface area contributed by atoms with Gasteiger partial charge in [0.2, 0.25) is 0 Å². The number of halogens is 1. The van der Waals surface area contributed by atoms with Gasteiger partial charge >= 0.3 is 0 Å². The predicted molar refractivity (Wildman–Crippen MR) is 103 cm³/mol. The van der Waals surface area contributed by atoms with E-state index in [4.69, 9.17) is 11.5 Å². The largest absolute Gasteiger partial charge is 0.396 e. The number of nitrogens with one attached hydrogen (secondary N) is 2. The van der Waals surface area contributed by atoms with Gasteiger partial charge in [0.25, 0.3) is 5.91 Å². The van der Waals surface area contributed by atoms with E-state index in [0.29, 0.717) is 17.2 Å². The highest BCUT2D eigenvalue weighted by molar-refractivity contribution is 6.03. The highest BCUT2D eigenvalue weighted by atomic mass is 19.1. The first kappa shape index (κ1) is 18.1. The molecule has 3 heterocycles. The van der Waals surface area contributed by atoms with Crippen molar-refractivity contribution in [1.29, 1.82) is 0 Å². The van der Waals surface area contributed by atoms with Crippen molar-refractivity contribution >= 4 is 28.7 Å². The average molecular weight is 384 g/mol. The molecule has 1 aliphatic carbocycles. The van der Waals surface area contributed by atoms with Gasteiger partial charge in [-0.3, -0.25) is 9.78 Å². The molecule has 1 amide bonds. The molecule has 3 aromatic heterocycles. The van der Waals surface area contributed by atoms with Crippen LogP contribution in [-0.4, -0.2) is 37.6 Å². The Morgan fingerprint density at radius 2 is 2.04 bits per heavy atom. The second kappa shape index (κ2) is 7.39. The fourth-order valence-corrected chi connectivity index (χ4v) is 3.35. The summed E-state index contributed by atoms with van der Waals surface area (Å²) in [5, 5.41) is 10.3. The van der Waals surface area contributed by atoms with Gasteiger partial charge in [0, 0.05) is 24.3 Å². The smallest absolute Gasteiger partial charge is 0.276 e. The summed E-state index contributed by atoms with van der Waals surface area (Å²) in [5.74, 6) is -0.632. The van der Waals surface area contributed by atoms with Crippen LogP contribution in [0.2, 0.25) is 0 Å². The monoisotopic (exact) mass is 384 g/mol. The molecule has 0 aliphatic heterocycles. The van der Waals surface area contributed by atoms with E-state index in [2.05, 4.69) is 25.7 Å². The van der Waals surface area contributed by atoms with E-state index in [9.17, 15) is 9.18 Å². The van der Waals surface area contributed by atoms with E-state index < -0.39 is 11.7 Å². The molecule has 10 heteroatoms. The number of aromatic nitrogens is 4. The Balaban J connectivity index is 1.60. The topological polar surface area (TPSA) is 136 Å². The standard InChI is InChI=1S/C18H21FN8O/c19-12-8-22-6-5-14(12)25-18(28)15-9-23-17-13(21)7-16(26-27(15)17)24-11-3-1-10(20)2-4-11/h5-11H,1-4,20-21H2,(H,24,26)(H,22,25,28)/t10-,11-. The van der Waals surface area contributed by atoms with Gasteiger partial charge in [-0.15, -0.1) is 5.10 Å². The molecule has 1 fully saturated rings. The van der Waals surface area contributed by atoms with Crippen molar-refractivity contribution in [3.63, 3.8) is 0 Å². The molecule has 0 atom stereocenters. The SMILES string of the molecule is Nc1cc(N[C@H]2CC[C@H](N)CC2)nn2c(C(=O)Nc3ccncc3F)cnc12. The van der Waals surface area contributed by atoms with E-state index in [-0.39, 0.29) is 23.5 Å². The molecule has 0 saturated heterocycles. The fourth-order valence-electron chi connectivity index (χ4n) is 3.35. The zero-order valence-corrected chi connectivity index (χ0v) is 15.1. The molecule has 1 aliphatic rings. The Hall–Kier alpha value is -3.27. The minimum Gasteiger partial charge on any atom is -0.396 e. The number of hydrogen-bond donors (Lipinski definition) is 4. The number of fused-ring (bicyclic) bond motifs is 1. The van der Waals surface area contributed by atoms with Gasteiger partial charge in [0.1, 0.15) is 5.82 Å². The number of nitrogen functional groups attached to an aromatic ring is 1. The molecular weight excluding hydrogens is 363 g/mol. The van der Waals surface area contributed by atoms with Crippen molar-refractivity contribution in [3.05, 3.63) is 42.2 Å². The van der Waals surface area contributed by atoms with Crippen LogP contribution in [0, 0.1) is 5.82 Å². The summed E-state index contributed by atoms with van der Waals surface area (Å²) in [5.41, 5.74) is 13.0. The molecule has 6 N–H and O–H groups in total. The first-order valence-electron chi connectivity index (χ1n) is 9.08. The highest BCUT2D eigenvalue weighted by Crippen LogP contribution is 2.23. The summed E-state index contributed by atoms with van der Waals surface area (Å²) in [4.78, 5) is 20.4. The van der Waals surface area contributed by atoms with Crippen LogP contribution in [0.3, 0.4) is 0 Å². The van der Waals surface area contributed by atoms with Gasteiger partial charge in [-0.25, -0.2) is 13.9 Å². The van der Waals surface area contributed by atoms with Crippen molar-refractivity contribution in [2.24, 2.45) is 5.73 Å². The lowest BCUT2D eigenvalue weighted by Crippen LogP contribution is -2.33. The number of imidazole rings is 1. The predicted octanol–water partition coefficient (Wildman–Crippen LogP) is 1.78. The number of hydrogen-bond acceptors (Lipinski definition) is 7. The van der Waals surface area contributed by atoms with Gasteiger partial charge in [-0.2, -0.15) is 0 Å². The molecule has 9 nitrogen and oxygen atoms in total. The minimum absolute atomic E-state index is 0.0238. The summed E-state index contributed by atoms with van der Waals surface area (Å²) >= 11 is 0. The van der Waals surface area contributed by atoms with Gasteiger partial charge < -0.3 is 22.1 Å². The summed E-state index contributed by atoms with van der Waals surface area (Å²) in [6.07, 6.45) is 7.56. The number of nitrogens with zero attached hydrogens (tertiary/aromatic N) is 4. The average Bonchev–Trinajstić information content (AvgIpc) is 3.10. The van der Waals surface area contributed by atoms with Crippen LogP contribution in [0.1, 0.15) is 36.2 Å². The maximum absolute atomic E-state index is 13.8. The number of carbonyl (C=O) groups excluding carboxylic acids is 1. The minimum atomic E-state index is -0.630. The van der Waals surface area contributed by atoms with Crippen LogP contribution in [0.5, 0.6) is 0 Å². The number of rotatable bonds is 4. The van der Waals surface area contributed by atoms with Crippen LogP contribution in [-0.2, 0) is 0 Å². The molecule has 1 saturated carbocycles. The van der Waals surface area contributed by atoms with Gasteiger partial charge in [0.15, 0.2) is 17.2 Å². The molecule has 0 aromatic carbocycles. The van der Waals surface area contributed by atoms with E-state index >= 15 is 0 Å². The number of carbonyl (C=O) groups is 1. The first-order valence-corrected chi connectivity index (χ1v) is 9.08. The van der Waals surface area contributed by atoms with Crippen molar-refractivity contribution in [3.8, 4) is 0 Å². The fraction of sp³-hybridized carbons (Fsp3) is 0.333. The molecule has 4 rings (SSSR count). The molecule has 0 bridgehead atoms. The highest BCUT2D eigenvalue weighted by Gasteiger charge is 2.21. The molecular formula is C18H21FN8O. The Labute approximate surface area is 160 Å². The Morgan fingerprint density at radius 3 is 2.79 bits per heavy atom. The van der Waals surface area contributed by atoms with Gasteiger partial charge in [0.05, 0.1) is 23.8 Å². The van der Waals surface area contributed by atoms with E-state index in [1.807, 2.05) is 0 Å². The van der Waals surface area contributed by atoms with Crippen molar-refractivity contribution in [1.82, 2.24) is 19.6 Å². The molecule has 0 spiro atoms. The quantitative estimate of drug-likeness (QED) is 0.538. The molecule has 28 heavy (non-hydrogen) atoms. The third-order valence-corrected chi connectivity index (χ3v) is 4.87.